The van der Waals surface area contributed by atoms with E-state index in [1.165, 1.54) is 4.68 Å². The van der Waals surface area contributed by atoms with Crippen molar-refractivity contribution in [2.45, 2.75) is 54.0 Å². The molecule has 0 aromatic carbocycles. The summed E-state index contributed by atoms with van der Waals surface area (Å²) in [7, 11) is 0. The minimum absolute atomic E-state index is 0.171. The largest absolute Gasteiger partial charge is 0.361 e. The van der Waals surface area contributed by atoms with Crippen LogP contribution in [0, 0.1) is 20.8 Å². The van der Waals surface area contributed by atoms with Gasteiger partial charge in [0.25, 0.3) is 0 Å². The van der Waals surface area contributed by atoms with Gasteiger partial charge in [-0.1, -0.05) is 19.0 Å². The van der Waals surface area contributed by atoms with Crippen LogP contribution in [0.2, 0.25) is 0 Å². The fraction of sp³-hybridized carbons (Fsp3) is 0.500. The van der Waals surface area contributed by atoms with E-state index < -0.39 is 0 Å². The van der Waals surface area contributed by atoms with E-state index in [2.05, 4.69) is 22.2 Å². The lowest BCUT2D eigenvalue weighted by Gasteiger charge is -2.07. The third-order valence-electron chi connectivity index (χ3n) is 4.27. The Morgan fingerprint density at radius 2 is 1.87 bits per heavy atom. The molecule has 3 aromatic rings. The molecule has 0 aliphatic carbocycles. The Labute approximate surface area is 133 Å². The standard InChI is InChI=1S/C16H21N5O2/c1-6-13-9(3)15-18-20(8-12-10(4)19-23-11(12)5)16(22)21(15)14(7-2)17-13/h6-8H2,1-5H3. The van der Waals surface area contributed by atoms with Crippen LogP contribution in [-0.2, 0) is 19.4 Å². The smallest absolute Gasteiger partial charge is 0.352 e. The summed E-state index contributed by atoms with van der Waals surface area (Å²) in [6.45, 7) is 10.1. The van der Waals surface area contributed by atoms with Crippen LogP contribution in [0.25, 0.3) is 5.65 Å². The molecular weight excluding hydrogens is 294 g/mol. The molecule has 0 radical (unpaired) electrons. The van der Waals surface area contributed by atoms with Gasteiger partial charge in [0.1, 0.15) is 11.6 Å². The van der Waals surface area contributed by atoms with Gasteiger partial charge >= 0.3 is 5.69 Å². The minimum atomic E-state index is -0.171. The molecule has 0 aliphatic heterocycles. The van der Waals surface area contributed by atoms with Gasteiger partial charge in [0.05, 0.1) is 12.2 Å². The first-order valence-corrected chi connectivity index (χ1v) is 7.87. The van der Waals surface area contributed by atoms with Crippen molar-refractivity contribution in [1.29, 1.82) is 0 Å². The summed E-state index contributed by atoms with van der Waals surface area (Å²) >= 11 is 0. The zero-order valence-corrected chi connectivity index (χ0v) is 14.2. The lowest BCUT2D eigenvalue weighted by molar-refractivity contribution is 0.391. The number of aryl methyl sites for hydroxylation is 5. The Morgan fingerprint density at radius 1 is 1.13 bits per heavy atom. The Morgan fingerprint density at radius 3 is 2.43 bits per heavy atom. The molecule has 0 amide bonds. The summed E-state index contributed by atoms with van der Waals surface area (Å²) < 4.78 is 8.26. The van der Waals surface area contributed by atoms with E-state index in [-0.39, 0.29) is 5.69 Å². The topological polar surface area (TPSA) is 78.2 Å². The van der Waals surface area contributed by atoms with Crippen LogP contribution in [-0.4, -0.2) is 24.3 Å². The normalized spacial score (nSPS) is 11.5. The van der Waals surface area contributed by atoms with Crippen molar-refractivity contribution in [2.75, 3.05) is 0 Å². The van der Waals surface area contributed by atoms with E-state index in [0.29, 0.717) is 24.4 Å². The first-order valence-electron chi connectivity index (χ1n) is 7.87. The van der Waals surface area contributed by atoms with Gasteiger partial charge in [-0.05, 0) is 27.2 Å². The van der Waals surface area contributed by atoms with Crippen LogP contribution < -0.4 is 5.69 Å². The molecule has 7 nitrogen and oxygen atoms in total. The molecule has 122 valence electrons. The molecule has 3 rings (SSSR count). The molecule has 3 aromatic heterocycles. The zero-order chi connectivity index (χ0) is 16.7. The van der Waals surface area contributed by atoms with Crippen LogP contribution in [0.5, 0.6) is 0 Å². The third-order valence-corrected chi connectivity index (χ3v) is 4.27. The van der Waals surface area contributed by atoms with E-state index >= 15 is 0 Å². The number of hydrogen-bond donors (Lipinski definition) is 0. The fourth-order valence-electron chi connectivity index (χ4n) is 2.86. The second-order valence-corrected chi connectivity index (χ2v) is 5.71. The average Bonchev–Trinajstić information content (AvgIpc) is 3.04. The fourth-order valence-corrected chi connectivity index (χ4v) is 2.86. The zero-order valence-electron chi connectivity index (χ0n) is 14.2. The second-order valence-electron chi connectivity index (χ2n) is 5.71. The number of fused-ring (bicyclic) bond motifs is 1. The molecule has 0 unspecified atom stereocenters. The molecule has 0 atom stereocenters. The predicted molar refractivity (Wildman–Crippen MR) is 85.8 cm³/mol. The summed E-state index contributed by atoms with van der Waals surface area (Å²) in [5, 5.41) is 8.48. The van der Waals surface area contributed by atoms with Gasteiger partial charge in [0, 0.05) is 23.2 Å². The number of hydrogen-bond acceptors (Lipinski definition) is 5. The minimum Gasteiger partial charge on any atom is -0.361 e. The maximum Gasteiger partial charge on any atom is 0.352 e. The predicted octanol–water partition coefficient (Wildman–Crippen LogP) is 1.98. The van der Waals surface area contributed by atoms with Crippen LogP contribution in [0.1, 0.15) is 47.9 Å². The maximum absolute atomic E-state index is 12.8. The molecule has 7 heteroatoms. The highest BCUT2D eigenvalue weighted by molar-refractivity contribution is 5.49. The lowest BCUT2D eigenvalue weighted by atomic mass is 10.2. The Bertz CT molecular complexity index is 913. The van der Waals surface area contributed by atoms with Gasteiger partial charge in [0.15, 0.2) is 5.65 Å². The van der Waals surface area contributed by atoms with Crippen LogP contribution in [0.4, 0.5) is 0 Å². The molecule has 0 fully saturated rings. The molecule has 0 bridgehead atoms. The van der Waals surface area contributed by atoms with E-state index in [1.54, 1.807) is 4.40 Å². The highest BCUT2D eigenvalue weighted by atomic mass is 16.5. The molecule has 0 saturated carbocycles. The monoisotopic (exact) mass is 315 g/mol. The first kappa shape index (κ1) is 15.5. The Hall–Kier alpha value is -2.44. The van der Waals surface area contributed by atoms with E-state index in [9.17, 15) is 4.79 Å². The molecule has 0 saturated heterocycles. The molecule has 23 heavy (non-hydrogen) atoms. The van der Waals surface area contributed by atoms with E-state index in [1.807, 2.05) is 27.7 Å². The van der Waals surface area contributed by atoms with E-state index in [4.69, 9.17) is 4.52 Å². The van der Waals surface area contributed by atoms with Crippen molar-refractivity contribution in [3.8, 4) is 0 Å². The van der Waals surface area contributed by atoms with Crippen molar-refractivity contribution in [3.05, 3.63) is 44.6 Å². The van der Waals surface area contributed by atoms with Crippen molar-refractivity contribution >= 4 is 5.65 Å². The highest BCUT2D eigenvalue weighted by Gasteiger charge is 2.18. The lowest BCUT2D eigenvalue weighted by Crippen LogP contribution is -2.24. The quantitative estimate of drug-likeness (QED) is 0.735. The summed E-state index contributed by atoms with van der Waals surface area (Å²) in [6, 6.07) is 0. The van der Waals surface area contributed by atoms with Crippen molar-refractivity contribution in [2.24, 2.45) is 0 Å². The maximum atomic E-state index is 12.8. The van der Waals surface area contributed by atoms with Gasteiger partial charge in [-0.15, -0.1) is 5.10 Å². The van der Waals surface area contributed by atoms with Gasteiger partial charge in [-0.25, -0.2) is 18.9 Å². The van der Waals surface area contributed by atoms with Crippen molar-refractivity contribution < 1.29 is 4.52 Å². The number of rotatable bonds is 4. The van der Waals surface area contributed by atoms with Crippen molar-refractivity contribution in [1.82, 2.24) is 24.3 Å². The highest BCUT2D eigenvalue weighted by Crippen LogP contribution is 2.16. The summed E-state index contributed by atoms with van der Waals surface area (Å²) in [6.07, 6.45) is 1.50. The Kier molecular flexibility index (Phi) is 3.79. The first-order chi connectivity index (χ1) is 11.0. The molecule has 0 N–H and O–H groups in total. The number of aromatic nitrogens is 5. The average molecular weight is 315 g/mol. The third kappa shape index (κ3) is 2.36. The van der Waals surface area contributed by atoms with E-state index in [0.717, 1.165) is 34.8 Å². The van der Waals surface area contributed by atoms with Gasteiger partial charge in [0.2, 0.25) is 0 Å². The summed E-state index contributed by atoms with van der Waals surface area (Å²) in [5.41, 5.74) is 4.14. The Balaban J connectivity index is 2.22. The molecular formula is C16H21N5O2. The van der Waals surface area contributed by atoms with Gasteiger partial charge in [-0.2, -0.15) is 0 Å². The van der Waals surface area contributed by atoms with Crippen LogP contribution >= 0.6 is 0 Å². The second kappa shape index (κ2) is 5.64. The molecule has 0 spiro atoms. The molecule has 3 heterocycles. The molecule has 0 aliphatic rings. The SMILES string of the molecule is CCc1nc(CC)n2c(=O)n(Cc3c(C)noc3C)nc2c1C. The number of nitrogens with zero attached hydrogens (tertiary/aromatic N) is 5. The van der Waals surface area contributed by atoms with Gasteiger partial charge < -0.3 is 4.52 Å². The van der Waals surface area contributed by atoms with Crippen molar-refractivity contribution in [3.63, 3.8) is 0 Å². The van der Waals surface area contributed by atoms with Gasteiger partial charge in [-0.3, -0.25) is 0 Å². The summed E-state index contributed by atoms with van der Waals surface area (Å²) in [5.74, 6) is 1.46. The van der Waals surface area contributed by atoms with Crippen LogP contribution in [0.15, 0.2) is 9.32 Å². The summed E-state index contributed by atoms with van der Waals surface area (Å²) in [4.78, 5) is 17.4. The van der Waals surface area contributed by atoms with Crippen LogP contribution in [0.3, 0.4) is 0 Å².